The summed E-state index contributed by atoms with van der Waals surface area (Å²) in [6, 6.07) is 4.24. The van der Waals surface area contributed by atoms with Crippen molar-refractivity contribution in [2.24, 2.45) is 11.3 Å². The lowest BCUT2D eigenvalue weighted by molar-refractivity contribution is 0.0696. The summed E-state index contributed by atoms with van der Waals surface area (Å²) in [5.74, 6) is -0.780. The van der Waals surface area contributed by atoms with Gasteiger partial charge in [0.05, 0.1) is 10.5 Å². The van der Waals surface area contributed by atoms with E-state index in [0.717, 1.165) is 6.42 Å². The maximum atomic E-state index is 12.4. The van der Waals surface area contributed by atoms with Gasteiger partial charge >= 0.3 is 5.97 Å². The van der Waals surface area contributed by atoms with Crippen molar-refractivity contribution >= 4 is 16.0 Å². The average Bonchev–Trinajstić information content (AvgIpc) is 3.03. The second kappa shape index (κ2) is 5.42. The third-order valence-corrected chi connectivity index (χ3v) is 5.73. The zero-order valence-corrected chi connectivity index (χ0v) is 13.3. The van der Waals surface area contributed by atoms with E-state index in [1.165, 1.54) is 12.1 Å². The van der Waals surface area contributed by atoms with Gasteiger partial charge in [-0.2, -0.15) is 0 Å². The number of hydrogen-bond acceptors (Lipinski definition) is 3. The molecule has 0 amide bonds. The van der Waals surface area contributed by atoms with Crippen molar-refractivity contribution < 1.29 is 18.3 Å². The molecule has 0 aliphatic heterocycles. The Labute approximate surface area is 125 Å². The summed E-state index contributed by atoms with van der Waals surface area (Å²) >= 11 is 0. The van der Waals surface area contributed by atoms with Crippen LogP contribution in [0.5, 0.6) is 0 Å². The van der Waals surface area contributed by atoms with Crippen LogP contribution in [0.1, 0.15) is 43.1 Å². The number of rotatable bonds is 6. The van der Waals surface area contributed by atoms with E-state index >= 15 is 0 Å². The van der Waals surface area contributed by atoms with E-state index in [0.29, 0.717) is 24.4 Å². The number of benzene rings is 1. The van der Waals surface area contributed by atoms with Crippen molar-refractivity contribution in [2.75, 3.05) is 6.54 Å². The number of aromatic carboxylic acids is 1. The van der Waals surface area contributed by atoms with Crippen molar-refractivity contribution in [2.45, 2.75) is 38.5 Å². The monoisotopic (exact) mass is 311 g/mol. The van der Waals surface area contributed by atoms with Gasteiger partial charge in [0.25, 0.3) is 0 Å². The molecule has 0 saturated heterocycles. The van der Waals surface area contributed by atoms with Gasteiger partial charge in [-0.25, -0.2) is 17.9 Å². The first-order valence-corrected chi connectivity index (χ1v) is 8.51. The normalized spacial score (nSPS) is 20.2. The van der Waals surface area contributed by atoms with Crippen LogP contribution in [0.25, 0.3) is 0 Å². The second-order valence-electron chi connectivity index (χ2n) is 6.22. The molecule has 2 N–H and O–H groups in total. The van der Waals surface area contributed by atoms with Gasteiger partial charge in [0, 0.05) is 6.54 Å². The number of carbonyl (C=O) groups is 1. The lowest BCUT2D eigenvalue weighted by Gasteiger charge is -2.12. The van der Waals surface area contributed by atoms with Gasteiger partial charge in [-0.15, -0.1) is 0 Å². The van der Waals surface area contributed by atoms with Crippen LogP contribution in [0.4, 0.5) is 0 Å². The Hall–Kier alpha value is -1.40. The predicted octanol–water partition coefficient (Wildman–Crippen LogP) is 2.27. The van der Waals surface area contributed by atoms with Gasteiger partial charge in [0.2, 0.25) is 10.0 Å². The third kappa shape index (κ3) is 3.44. The van der Waals surface area contributed by atoms with Crippen LogP contribution >= 0.6 is 0 Å². The molecule has 1 fully saturated rings. The predicted molar refractivity (Wildman–Crippen MR) is 79.9 cm³/mol. The van der Waals surface area contributed by atoms with E-state index in [9.17, 15) is 13.2 Å². The van der Waals surface area contributed by atoms with Crippen molar-refractivity contribution in [3.63, 3.8) is 0 Å². The van der Waals surface area contributed by atoms with Gasteiger partial charge < -0.3 is 5.11 Å². The summed E-state index contributed by atoms with van der Waals surface area (Å²) in [6.07, 6.45) is 1.54. The molecule has 1 aromatic rings. The zero-order chi connectivity index (χ0) is 15.8. The molecule has 1 aliphatic rings. The first kappa shape index (κ1) is 16.0. The van der Waals surface area contributed by atoms with Crippen molar-refractivity contribution in [1.82, 2.24) is 4.72 Å². The molecule has 1 aromatic carbocycles. The zero-order valence-electron chi connectivity index (χ0n) is 12.5. The molecular weight excluding hydrogens is 290 g/mol. The highest BCUT2D eigenvalue weighted by Gasteiger charge is 2.45. The van der Waals surface area contributed by atoms with Crippen molar-refractivity contribution in [3.05, 3.63) is 29.3 Å². The Morgan fingerprint density at radius 2 is 2.05 bits per heavy atom. The summed E-state index contributed by atoms with van der Waals surface area (Å²) in [7, 11) is -3.68. The molecule has 5 nitrogen and oxygen atoms in total. The van der Waals surface area contributed by atoms with E-state index in [4.69, 9.17) is 5.11 Å². The molecule has 0 heterocycles. The SMILES string of the molecule is CCc1ccc(C(=O)O)cc1S(=O)(=O)NCC1CC1(C)C. The summed E-state index contributed by atoms with van der Waals surface area (Å²) in [5.41, 5.74) is 0.806. The molecule has 0 spiro atoms. The van der Waals surface area contributed by atoms with Crippen LogP contribution in [-0.2, 0) is 16.4 Å². The number of carboxylic acids is 1. The van der Waals surface area contributed by atoms with Gasteiger partial charge in [0.1, 0.15) is 0 Å². The second-order valence-corrected chi connectivity index (χ2v) is 7.96. The lowest BCUT2D eigenvalue weighted by Crippen LogP contribution is -2.28. The quantitative estimate of drug-likeness (QED) is 0.844. The Balaban J connectivity index is 2.25. The molecule has 1 unspecified atom stereocenters. The minimum Gasteiger partial charge on any atom is -0.478 e. The highest BCUT2D eigenvalue weighted by Crippen LogP contribution is 2.51. The fraction of sp³-hybridized carbons (Fsp3) is 0.533. The largest absolute Gasteiger partial charge is 0.478 e. The van der Waals surface area contributed by atoms with Crippen molar-refractivity contribution in [1.29, 1.82) is 0 Å². The van der Waals surface area contributed by atoms with E-state index < -0.39 is 16.0 Å². The Bertz CT molecular complexity index is 664. The van der Waals surface area contributed by atoms with E-state index in [-0.39, 0.29) is 15.9 Å². The Morgan fingerprint density at radius 3 is 2.52 bits per heavy atom. The van der Waals surface area contributed by atoms with Gasteiger partial charge in [-0.05, 0) is 41.9 Å². The fourth-order valence-corrected chi connectivity index (χ4v) is 3.86. The number of hydrogen-bond donors (Lipinski definition) is 2. The minimum absolute atomic E-state index is 0.0145. The van der Waals surface area contributed by atoms with Crippen LogP contribution in [0.3, 0.4) is 0 Å². The standard InChI is InChI=1S/C15H21NO4S/c1-4-10-5-6-11(14(17)18)7-13(10)21(19,20)16-9-12-8-15(12,2)3/h5-7,12,16H,4,8-9H2,1-3H3,(H,17,18). The summed E-state index contributed by atoms with van der Waals surface area (Å²) in [6.45, 7) is 6.46. The molecule has 1 aliphatic carbocycles. The van der Waals surface area contributed by atoms with Crippen LogP contribution < -0.4 is 4.72 Å². The molecule has 0 radical (unpaired) electrons. The topological polar surface area (TPSA) is 83.5 Å². The van der Waals surface area contributed by atoms with Crippen LogP contribution in [0, 0.1) is 11.3 Å². The first-order chi connectivity index (χ1) is 9.67. The number of nitrogens with one attached hydrogen (secondary N) is 1. The number of sulfonamides is 1. The Kier molecular flexibility index (Phi) is 4.13. The summed E-state index contributed by atoms with van der Waals surface area (Å²) in [4.78, 5) is 11.1. The number of carboxylic acid groups (broad SMARTS) is 1. The minimum atomic E-state index is -3.68. The highest BCUT2D eigenvalue weighted by atomic mass is 32.2. The molecule has 2 rings (SSSR count). The molecule has 1 saturated carbocycles. The average molecular weight is 311 g/mol. The van der Waals surface area contributed by atoms with E-state index in [2.05, 4.69) is 18.6 Å². The Morgan fingerprint density at radius 1 is 1.43 bits per heavy atom. The molecule has 6 heteroatoms. The summed E-state index contributed by atoms with van der Waals surface area (Å²) < 4.78 is 27.5. The van der Waals surface area contributed by atoms with Crippen LogP contribution in [0.15, 0.2) is 23.1 Å². The highest BCUT2D eigenvalue weighted by molar-refractivity contribution is 7.89. The van der Waals surface area contributed by atoms with Crippen LogP contribution in [-0.4, -0.2) is 26.0 Å². The van der Waals surface area contributed by atoms with Gasteiger partial charge in [0.15, 0.2) is 0 Å². The van der Waals surface area contributed by atoms with Crippen molar-refractivity contribution in [3.8, 4) is 0 Å². The maximum Gasteiger partial charge on any atom is 0.335 e. The fourth-order valence-electron chi connectivity index (χ4n) is 2.44. The van der Waals surface area contributed by atoms with Gasteiger partial charge in [-0.3, -0.25) is 0 Å². The maximum absolute atomic E-state index is 12.4. The molecule has 0 aromatic heterocycles. The molecule has 1 atom stereocenters. The molecular formula is C15H21NO4S. The smallest absolute Gasteiger partial charge is 0.335 e. The number of aryl methyl sites for hydroxylation is 1. The lowest BCUT2D eigenvalue weighted by atomic mass is 10.1. The van der Waals surface area contributed by atoms with E-state index in [1.807, 2.05) is 6.92 Å². The van der Waals surface area contributed by atoms with Gasteiger partial charge in [-0.1, -0.05) is 26.8 Å². The van der Waals surface area contributed by atoms with E-state index in [1.54, 1.807) is 6.07 Å². The summed E-state index contributed by atoms with van der Waals surface area (Å²) in [5, 5.41) is 9.02. The third-order valence-electron chi connectivity index (χ3n) is 4.22. The molecule has 116 valence electrons. The molecule has 21 heavy (non-hydrogen) atoms. The van der Waals surface area contributed by atoms with Crippen LogP contribution in [0.2, 0.25) is 0 Å². The molecule has 0 bridgehead atoms. The first-order valence-electron chi connectivity index (χ1n) is 7.03.